The molecule has 1 unspecified atom stereocenters. The predicted molar refractivity (Wildman–Crippen MR) is 89.1 cm³/mol. The molecule has 0 radical (unpaired) electrons. The highest BCUT2D eigenvalue weighted by molar-refractivity contribution is 7.98. The third-order valence-electron chi connectivity index (χ3n) is 3.59. The van der Waals surface area contributed by atoms with Crippen molar-refractivity contribution in [3.05, 3.63) is 29.8 Å². The lowest BCUT2D eigenvalue weighted by molar-refractivity contribution is 0.558. The lowest BCUT2D eigenvalue weighted by atomic mass is 10.2. The Labute approximate surface area is 132 Å². The van der Waals surface area contributed by atoms with E-state index in [-0.39, 0.29) is 6.04 Å². The van der Waals surface area contributed by atoms with E-state index in [2.05, 4.69) is 10.0 Å². The zero-order valence-corrected chi connectivity index (χ0v) is 14.3. The molecule has 1 aliphatic rings. The van der Waals surface area contributed by atoms with Crippen molar-refractivity contribution in [3.8, 4) is 0 Å². The molecule has 1 fully saturated rings. The molecule has 0 heterocycles. The molecule has 6 heteroatoms. The average molecular weight is 329 g/mol. The first kappa shape index (κ1) is 16.8. The lowest BCUT2D eigenvalue weighted by Gasteiger charge is -2.16. The van der Waals surface area contributed by atoms with Crippen LogP contribution in [0, 0.1) is 0 Å². The fraction of sp³-hybridized carbons (Fsp3) is 0.600. The quantitative estimate of drug-likeness (QED) is 0.731. The molecule has 1 aromatic rings. The summed E-state index contributed by atoms with van der Waals surface area (Å²) in [7, 11) is -3.41. The van der Waals surface area contributed by atoms with E-state index in [9.17, 15) is 8.42 Å². The second kappa shape index (κ2) is 7.63. The molecule has 1 saturated carbocycles. The highest BCUT2D eigenvalue weighted by Crippen LogP contribution is 2.19. The van der Waals surface area contributed by atoms with Gasteiger partial charge in [0.2, 0.25) is 10.0 Å². The van der Waals surface area contributed by atoms with E-state index in [4.69, 9.17) is 0 Å². The maximum atomic E-state index is 12.3. The first-order valence-corrected chi connectivity index (χ1v) is 10.3. The second-order valence-corrected chi connectivity index (χ2v) is 8.11. The van der Waals surface area contributed by atoms with Crippen molar-refractivity contribution >= 4 is 21.8 Å². The van der Waals surface area contributed by atoms with Gasteiger partial charge in [-0.15, -0.1) is 0 Å². The van der Waals surface area contributed by atoms with Crippen LogP contribution in [0.5, 0.6) is 0 Å². The van der Waals surface area contributed by atoms with Gasteiger partial charge in [-0.3, -0.25) is 0 Å². The van der Waals surface area contributed by atoms with Crippen LogP contribution in [0.2, 0.25) is 0 Å². The summed E-state index contributed by atoms with van der Waals surface area (Å²) in [5.74, 6) is 0.791. The Kier molecular flexibility index (Phi) is 6.10. The largest absolute Gasteiger partial charge is 0.310 e. The van der Waals surface area contributed by atoms with Gasteiger partial charge in [0.05, 0.1) is 4.90 Å². The van der Waals surface area contributed by atoms with Gasteiger partial charge in [-0.05, 0) is 43.2 Å². The Morgan fingerprint density at radius 1 is 1.29 bits per heavy atom. The van der Waals surface area contributed by atoms with Gasteiger partial charge in [0.1, 0.15) is 0 Å². The van der Waals surface area contributed by atoms with Gasteiger partial charge >= 0.3 is 0 Å². The zero-order valence-electron chi connectivity index (χ0n) is 12.6. The van der Waals surface area contributed by atoms with Gasteiger partial charge in [-0.1, -0.05) is 19.1 Å². The summed E-state index contributed by atoms with van der Waals surface area (Å²) in [4.78, 5) is 0.345. The summed E-state index contributed by atoms with van der Waals surface area (Å²) in [6, 6.07) is 7.81. The molecule has 21 heavy (non-hydrogen) atoms. The normalized spacial score (nSPS) is 16.9. The van der Waals surface area contributed by atoms with Crippen molar-refractivity contribution < 1.29 is 8.42 Å². The van der Waals surface area contributed by atoms with Gasteiger partial charge in [0.25, 0.3) is 0 Å². The Balaban J connectivity index is 1.98. The molecule has 0 amide bonds. The molecule has 2 N–H and O–H groups in total. The Hall–Kier alpha value is -0.560. The molecular formula is C15H24N2O2S2. The Morgan fingerprint density at radius 3 is 2.48 bits per heavy atom. The molecule has 0 saturated heterocycles. The van der Waals surface area contributed by atoms with Gasteiger partial charge in [-0.2, -0.15) is 11.8 Å². The first-order chi connectivity index (χ1) is 10.0. The fourth-order valence-corrected chi connectivity index (χ4v) is 4.21. The van der Waals surface area contributed by atoms with Gasteiger partial charge in [0.15, 0.2) is 0 Å². The molecule has 0 spiro atoms. The fourth-order valence-electron chi connectivity index (χ4n) is 2.06. The SMILES string of the molecule is CCC(CSC)NS(=O)(=O)c1ccc(CNC2CC2)cc1. The smallest absolute Gasteiger partial charge is 0.240 e. The summed E-state index contributed by atoms with van der Waals surface area (Å²) >= 11 is 1.65. The molecule has 0 aromatic heterocycles. The van der Waals surface area contributed by atoms with E-state index < -0.39 is 10.0 Å². The molecule has 4 nitrogen and oxygen atoms in total. The van der Waals surface area contributed by atoms with Crippen molar-refractivity contribution in [1.29, 1.82) is 0 Å². The van der Waals surface area contributed by atoms with Crippen LogP contribution in [0.4, 0.5) is 0 Å². The van der Waals surface area contributed by atoms with Crippen molar-refractivity contribution in [3.63, 3.8) is 0 Å². The van der Waals surface area contributed by atoms with Crippen LogP contribution in [-0.2, 0) is 16.6 Å². The minimum Gasteiger partial charge on any atom is -0.310 e. The van der Waals surface area contributed by atoms with Crippen LogP contribution in [0.25, 0.3) is 0 Å². The first-order valence-electron chi connectivity index (χ1n) is 7.38. The monoisotopic (exact) mass is 328 g/mol. The third kappa shape index (κ3) is 5.29. The maximum absolute atomic E-state index is 12.3. The Bertz CT molecular complexity index is 539. The van der Waals surface area contributed by atoms with E-state index >= 15 is 0 Å². The Morgan fingerprint density at radius 2 is 1.95 bits per heavy atom. The minimum atomic E-state index is -3.41. The molecular weight excluding hydrogens is 304 g/mol. The molecule has 1 aromatic carbocycles. The highest BCUT2D eigenvalue weighted by atomic mass is 32.2. The van der Waals surface area contributed by atoms with Crippen LogP contribution in [-0.4, -0.2) is 32.5 Å². The van der Waals surface area contributed by atoms with Crippen molar-refractivity contribution in [1.82, 2.24) is 10.0 Å². The van der Waals surface area contributed by atoms with E-state index in [0.717, 1.165) is 24.3 Å². The van der Waals surface area contributed by atoms with E-state index in [0.29, 0.717) is 10.9 Å². The average Bonchev–Trinajstić information content (AvgIpc) is 3.29. The van der Waals surface area contributed by atoms with Crippen LogP contribution in [0.3, 0.4) is 0 Å². The summed E-state index contributed by atoms with van der Waals surface area (Å²) in [5, 5.41) is 3.42. The minimum absolute atomic E-state index is 0.0128. The number of nitrogens with one attached hydrogen (secondary N) is 2. The summed E-state index contributed by atoms with van der Waals surface area (Å²) < 4.78 is 27.4. The van der Waals surface area contributed by atoms with Crippen LogP contribution in [0.15, 0.2) is 29.2 Å². The standard InChI is InChI=1S/C15H24N2O2S2/c1-3-13(11-20-2)17-21(18,19)15-8-4-12(5-9-15)10-16-14-6-7-14/h4-5,8-9,13-14,16-17H,3,6-7,10-11H2,1-2H3. The number of rotatable bonds is 9. The molecule has 118 valence electrons. The van der Waals surface area contributed by atoms with Gasteiger partial charge in [0, 0.05) is 24.4 Å². The molecule has 1 atom stereocenters. The second-order valence-electron chi connectivity index (χ2n) is 5.48. The van der Waals surface area contributed by atoms with Crippen LogP contribution in [0.1, 0.15) is 31.7 Å². The molecule has 2 rings (SSSR count). The molecule has 1 aliphatic carbocycles. The number of hydrogen-bond donors (Lipinski definition) is 2. The van der Waals surface area contributed by atoms with E-state index in [1.54, 1.807) is 23.9 Å². The summed E-state index contributed by atoms with van der Waals surface area (Å²) in [6.07, 6.45) is 5.29. The topological polar surface area (TPSA) is 58.2 Å². The van der Waals surface area contributed by atoms with Crippen molar-refractivity contribution in [2.24, 2.45) is 0 Å². The van der Waals surface area contributed by atoms with Crippen molar-refractivity contribution in [2.45, 2.75) is 49.7 Å². The van der Waals surface area contributed by atoms with Gasteiger partial charge in [-0.25, -0.2) is 13.1 Å². The van der Waals surface area contributed by atoms with Crippen LogP contribution >= 0.6 is 11.8 Å². The zero-order chi connectivity index (χ0) is 15.3. The number of sulfonamides is 1. The number of hydrogen-bond acceptors (Lipinski definition) is 4. The summed E-state index contributed by atoms with van der Waals surface area (Å²) in [5.41, 5.74) is 1.12. The highest BCUT2D eigenvalue weighted by Gasteiger charge is 2.21. The third-order valence-corrected chi connectivity index (χ3v) is 5.86. The summed E-state index contributed by atoms with van der Waals surface area (Å²) in [6.45, 7) is 2.80. The maximum Gasteiger partial charge on any atom is 0.240 e. The van der Waals surface area contributed by atoms with E-state index in [1.165, 1.54) is 12.8 Å². The van der Waals surface area contributed by atoms with E-state index in [1.807, 2.05) is 25.3 Å². The molecule has 0 bridgehead atoms. The molecule has 0 aliphatic heterocycles. The predicted octanol–water partition coefficient (Wildman–Crippen LogP) is 2.36. The number of thioether (sulfide) groups is 1. The van der Waals surface area contributed by atoms with Gasteiger partial charge < -0.3 is 5.32 Å². The van der Waals surface area contributed by atoms with Crippen LogP contribution < -0.4 is 10.0 Å². The van der Waals surface area contributed by atoms with Crippen molar-refractivity contribution in [2.75, 3.05) is 12.0 Å². The number of benzene rings is 1. The lowest BCUT2D eigenvalue weighted by Crippen LogP contribution is -2.36.